The molecule has 1 unspecified atom stereocenters. The molecule has 0 aromatic heterocycles. The quantitative estimate of drug-likeness (QED) is 0.844. The summed E-state index contributed by atoms with van der Waals surface area (Å²) in [5, 5.41) is 6.34. The van der Waals surface area contributed by atoms with E-state index in [4.69, 9.17) is 4.74 Å². The highest BCUT2D eigenvalue weighted by molar-refractivity contribution is 5.98. The molecule has 2 N–H and O–H groups in total. The zero-order valence-corrected chi connectivity index (χ0v) is 15.7. The second-order valence-corrected chi connectivity index (χ2v) is 7.07. The maximum atomic E-state index is 13.1. The van der Waals surface area contributed by atoms with Crippen molar-refractivity contribution in [2.45, 2.75) is 51.7 Å². The fourth-order valence-electron chi connectivity index (χ4n) is 3.66. The summed E-state index contributed by atoms with van der Waals surface area (Å²) < 4.78 is 5.93. The molecule has 2 heterocycles. The van der Waals surface area contributed by atoms with Gasteiger partial charge in [-0.05, 0) is 50.9 Å². The van der Waals surface area contributed by atoms with Crippen LogP contribution in [0, 0.1) is 5.92 Å². The van der Waals surface area contributed by atoms with Crippen LogP contribution in [0.15, 0.2) is 24.3 Å². The van der Waals surface area contributed by atoms with Gasteiger partial charge in [0.1, 0.15) is 5.75 Å². The van der Waals surface area contributed by atoms with Gasteiger partial charge in [0.15, 0.2) is 6.10 Å². The third-order valence-corrected chi connectivity index (χ3v) is 5.35. The van der Waals surface area contributed by atoms with E-state index in [0.29, 0.717) is 5.75 Å². The van der Waals surface area contributed by atoms with Crippen molar-refractivity contribution in [2.24, 2.45) is 5.92 Å². The van der Waals surface area contributed by atoms with Gasteiger partial charge in [-0.2, -0.15) is 0 Å². The molecule has 2 aliphatic heterocycles. The number of fused-ring (bicyclic) bond motifs is 1. The van der Waals surface area contributed by atoms with Gasteiger partial charge in [0.25, 0.3) is 5.91 Å². The maximum Gasteiger partial charge on any atom is 0.263 e. The van der Waals surface area contributed by atoms with Crippen molar-refractivity contribution in [2.75, 3.05) is 24.5 Å². The number of hydrogen-bond acceptors (Lipinski definition) is 4. The highest BCUT2D eigenvalue weighted by Crippen LogP contribution is 2.35. The number of nitrogens with one attached hydrogen (secondary N) is 2. The summed E-state index contributed by atoms with van der Waals surface area (Å²) in [4.78, 5) is 27.6. The molecule has 26 heavy (non-hydrogen) atoms. The summed E-state index contributed by atoms with van der Waals surface area (Å²) in [5.74, 6) is 0.565. The number of para-hydroxylation sites is 2. The monoisotopic (exact) mass is 359 g/mol. The fraction of sp³-hybridized carbons (Fsp3) is 0.600. The Morgan fingerprint density at radius 2 is 1.92 bits per heavy atom. The minimum Gasteiger partial charge on any atom is -0.477 e. The molecule has 1 aromatic carbocycles. The van der Waals surface area contributed by atoms with E-state index < -0.39 is 6.10 Å². The van der Waals surface area contributed by atoms with Crippen LogP contribution in [0.25, 0.3) is 0 Å². The molecule has 1 atom stereocenters. The first-order chi connectivity index (χ1) is 12.6. The van der Waals surface area contributed by atoms with Crippen molar-refractivity contribution in [3.05, 3.63) is 24.3 Å². The van der Waals surface area contributed by atoms with Crippen LogP contribution in [0.4, 0.5) is 5.69 Å². The molecule has 1 aromatic rings. The Morgan fingerprint density at radius 3 is 2.62 bits per heavy atom. The Morgan fingerprint density at radius 1 is 1.23 bits per heavy atom. The molecule has 0 bridgehead atoms. The van der Waals surface area contributed by atoms with E-state index in [1.807, 2.05) is 24.3 Å². The second kappa shape index (κ2) is 8.54. The van der Waals surface area contributed by atoms with Gasteiger partial charge in [-0.1, -0.05) is 26.0 Å². The molecule has 0 radical (unpaired) electrons. The van der Waals surface area contributed by atoms with Crippen molar-refractivity contribution in [1.82, 2.24) is 10.6 Å². The van der Waals surface area contributed by atoms with E-state index in [1.54, 1.807) is 4.90 Å². The summed E-state index contributed by atoms with van der Waals surface area (Å²) in [7, 11) is 0. The van der Waals surface area contributed by atoms with Gasteiger partial charge in [-0.15, -0.1) is 0 Å². The number of hydrogen-bond donors (Lipinski definition) is 2. The Bertz CT molecular complexity index is 639. The number of anilines is 1. The SMILES string of the molecule is CCC(CC)NC(=O)C1CN(C(=O)C2CCNCC2)c2ccccc2O1. The highest BCUT2D eigenvalue weighted by Gasteiger charge is 2.36. The maximum absolute atomic E-state index is 13.1. The first-order valence-electron chi connectivity index (χ1n) is 9.72. The average Bonchev–Trinajstić information content (AvgIpc) is 2.71. The molecule has 0 spiro atoms. The second-order valence-electron chi connectivity index (χ2n) is 7.07. The van der Waals surface area contributed by atoms with E-state index in [9.17, 15) is 9.59 Å². The van der Waals surface area contributed by atoms with Crippen LogP contribution in [-0.4, -0.2) is 43.6 Å². The molecular formula is C20H29N3O3. The number of piperidine rings is 1. The predicted molar refractivity (Wildman–Crippen MR) is 101 cm³/mol. The molecule has 1 fully saturated rings. The topological polar surface area (TPSA) is 70.7 Å². The minimum atomic E-state index is -0.670. The summed E-state index contributed by atoms with van der Waals surface area (Å²) in [6.45, 7) is 6.10. The highest BCUT2D eigenvalue weighted by atomic mass is 16.5. The third kappa shape index (κ3) is 4.01. The smallest absolute Gasteiger partial charge is 0.263 e. The normalized spacial score (nSPS) is 20.4. The van der Waals surface area contributed by atoms with Crippen LogP contribution in [0.3, 0.4) is 0 Å². The number of nitrogens with zero attached hydrogens (tertiary/aromatic N) is 1. The van der Waals surface area contributed by atoms with Gasteiger partial charge in [-0.3, -0.25) is 9.59 Å². The molecule has 142 valence electrons. The largest absolute Gasteiger partial charge is 0.477 e. The third-order valence-electron chi connectivity index (χ3n) is 5.35. The standard InChI is InChI=1S/C20H29N3O3/c1-3-15(4-2)22-19(24)18-13-23(16-7-5-6-8-17(16)26-18)20(25)14-9-11-21-12-10-14/h5-8,14-15,18,21H,3-4,9-13H2,1-2H3,(H,22,24). The number of amides is 2. The molecular weight excluding hydrogens is 330 g/mol. The average molecular weight is 359 g/mol. The van der Waals surface area contributed by atoms with Crippen LogP contribution < -0.4 is 20.3 Å². The van der Waals surface area contributed by atoms with Crippen LogP contribution in [0.1, 0.15) is 39.5 Å². The van der Waals surface area contributed by atoms with Gasteiger partial charge in [0, 0.05) is 12.0 Å². The molecule has 2 amide bonds. The molecule has 3 rings (SSSR count). The number of carbonyl (C=O) groups excluding carboxylic acids is 2. The van der Waals surface area contributed by atoms with Crippen molar-refractivity contribution in [3.8, 4) is 5.75 Å². The molecule has 0 aliphatic carbocycles. The zero-order chi connectivity index (χ0) is 18.5. The van der Waals surface area contributed by atoms with Gasteiger partial charge in [0.2, 0.25) is 5.91 Å². The lowest BCUT2D eigenvalue weighted by atomic mass is 9.95. The summed E-state index contributed by atoms with van der Waals surface area (Å²) in [6, 6.07) is 7.62. The number of carbonyl (C=O) groups is 2. The van der Waals surface area contributed by atoms with E-state index >= 15 is 0 Å². The Labute approximate surface area is 155 Å². The lowest BCUT2D eigenvalue weighted by molar-refractivity contribution is -0.129. The van der Waals surface area contributed by atoms with Crippen LogP contribution in [0.2, 0.25) is 0 Å². The van der Waals surface area contributed by atoms with Crippen molar-refractivity contribution in [3.63, 3.8) is 0 Å². The van der Waals surface area contributed by atoms with Crippen molar-refractivity contribution < 1.29 is 14.3 Å². The summed E-state index contributed by atoms with van der Waals surface area (Å²) in [5.41, 5.74) is 0.766. The zero-order valence-electron chi connectivity index (χ0n) is 15.7. The van der Waals surface area contributed by atoms with Crippen molar-refractivity contribution >= 4 is 17.5 Å². The van der Waals surface area contributed by atoms with Crippen LogP contribution in [0.5, 0.6) is 5.75 Å². The van der Waals surface area contributed by atoms with Gasteiger partial charge in [0.05, 0.1) is 12.2 Å². The summed E-state index contributed by atoms with van der Waals surface area (Å²) >= 11 is 0. The molecule has 2 aliphatic rings. The number of benzene rings is 1. The number of rotatable bonds is 5. The van der Waals surface area contributed by atoms with E-state index in [2.05, 4.69) is 24.5 Å². The Hall–Kier alpha value is -2.08. The Kier molecular flexibility index (Phi) is 6.14. The van der Waals surface area contributed by atoms with Gasteiger partial charge < -0.3 is 20.3 Å². The molecule has 6 heteroatoms. The lowest BCUT2D eigenvalue weighted by Crippen LogP contribution is -2.54. The first kappa shape index (κ1) is 18.7. The Balaban J connectivity index is 1.79. The summed E-state index contributed by atoms with van der Waals surface area (Å²) in [6.07, 6.45) is 2.76. The van der Waals surface area contributed by atoms with Gasteiger partial charge >= 0.3 is 0 Å². The molecule has 6 nitrogen and oxygen atoms in total. The number of ether oxygens (including phenoxy) is 1. The van der Waals surface area contributed by atoms with Gasteiger partial charge in [-0.25, -0.2) is 0 Å². The van der Waals surface area contributed by atoms with Crippen molar-refractivity contribution in [1.29, 1.82) is 0 Å². The first-order valence-corrected chi connectivity index (χ1v) is 9.72. The predicted octanol–water partition coefficient (Wildman–Crippen LogP) is 2.08. The minimum absolute atomic E-state index is 0.00477. The van der Waals surface area contributed by atoms with E-state index in [1.165, 1.54) is 0 Å². The lowest BCUT2D eigenvalue weighted by Gasteiger charge is -2.37. The van der Waals surface area contributed by atoms with E-state index in [-0.39, 0.29) is 30.3 Å². The van der Waals surface area contributed by atoms with Crippen LogP contribution in [-0.2, 0) is 9.59 Å². The molecule has 1 saturated heterocycles. The fourth-order valence-corrected chi connectivity index (χ4v) is 3.66. The molecule has 0 saturated carbocycles. The van der Waals surface area contributed by atoms with Crippen LogP contribution >= 0.6 is 0 Å². The van der Waals surface area contributed by atoms with E-state index in [0.717, 1.165) is 44.5 Å².